The molecule has 0 N–H and O–H groups in total. The molecule has 0 spiro atoms. The standard InChI is InChI=1S/C30H61NO5Si3/c1-12-13-16-19-25(31-33-2)22-23-27-26(20-17-14-15-18-21-30(32)36-39(9,10)11)28(34-37(3,4)5)24-29(27)35-38(6,7)8/h14,17,26-29H,12-13,15-16,18-24H2,1-11H3/b17-14-,31-25-/t26-,27-,28+,29-/m1/s1. The third-order valence-electron chi connectivity index (χ3n) is 6.78. The summed E-state index contributed by atoms with van der Waals surface area (Å²) >= 11 is 0. The SMILES string of the molecule is CCCCC/C(CC[C@@H]1[C@@H](C/C=C\CCCC(=O)O[Si](C)(C)C)[C@@H](O[Si](C)(C)C)C[C@H]1O[Si](C)(C)C)=N/OC. The first-order valence-corrected chi connectivity index (χ1v) is 25.6. The van der Waals surface area contributed by atoms with E-state index in [0.717, 1.165) is 51.4 Å². The monoisotopic (exact) mass is 599 g/mol. The second kappa shape index (κ2) is 17.3. The highest BCUT2D eigenvalue weighted by atomic mass is 28.4. The molecule has 6 nitrogen and oxygen atoms in total. The lowest BCUT2D eigenvalue weighted by atomic mass is 9.86. The van der Waals surface area contributed by atoms with Crippen LogP contribution in [0.4, 0.5) is 0 Å². The van der Waals surface area contributed by atoms with E-state index in [2.05, 4.69) is 83.2 Å². The molecule has 0 aromatic carbocycles. The number of unbranched alkanes of at least 4 members (excludes halogenated alkanes) is 3. The molecule has 1 fully saturated rings. The third-order valence-corrected chi connectivity index (χ3v) is 9.64. The molecule has 0 aliphatic heterocycles. The van der Waals surface area contributed by atoms with Gasteiger partial charge < -0.3 is 18.1 Å². The van der Waals surface area contributed by atoms with Crippen molar-refractivity contribution in [2.24, 2.45) is 17.0 Å². The van der Waals surface area contributed by atoms with E-state index in [9.17, 15) is 4.79 Å². The van der Waals surface area contributed by atoms with Crippen LogP contribution in [0.25, 0.3) is 0 Å². The number of allylic oxidation sites excluding steroid dienone is 2. The molecular weight excluding hydrogens is 539 g/mol. The van der Waals surface area contributed by atoms with Gasteiger partial charge in [0.2, 0.25) is 8.32 Å². The Hall–Kier alpha value is -0.749. The van der Waals surface area contributed by atoms with Gasteiger partial charge in [0.1, 0.15) is 7.11 Å². The predicted molar refractivity (Wildman–Crippen MR) is 173 cm³/mol. The minimum Gasteiger partial charge on any atom is -0.520 e. The molecule has 4 atom stereocenters. The molecule has 9 heteroatoms. The quantitative estimate of drug-likeness (QED) is 0.0487. The average Bonchev–Trinajstić information content (AvgIpc) is 3.05. The Morgan fingerprint density at radius 2 is 1.41 bits per heavy atom. The van der Waals surface area contributed by atoms with Crippen molar-refractivity contribution >= 4 is 36.6 Å². The molecular formula is C30H61NO5Si3. The molecule has 39 heavy (non-hydrogen) atoms. The summed E-state index contributed by atoms with van der Waals surface area (Å²) in [5.41, 5.74) is 1.17. The second-order valence-corrected chi connectivity index (χ2v) is 27.5. The van der Waals surface area contributed by atoms with Gasteiger partial charge in [-0.1, -0.05) is 37.1 Å². The number of nitrogens with zero attached hydrogens (tertiary/aromatic N) is 1. The third kappa shape index (κ3) is 17.0. The molecule has 0 amide bonds. The van der Waals surface area contributed by atoms with Crippen LogP contribution in [0.2, 0.25) is 58.9 Å². The van der Waals surface area contributed by atoms with Crippen molar-refractivity contribution < 1.29 is 22.9 Å². The maximum absolute atomic E-state index is 12.1. The van der Waals surface area contributed by atoms with Crippen LogP contribution in [0.5, 0.6) is 0 Å². The van der Waals surface area contributed by atoms with E-state index in [-0.39, 0.29) is 18.2 Å². The Bertz CT molecular complexity index is 768. The minimum absolute atomic E-state index is 0.0548. The fourth-order valence-electron chi connectivity index (χ4n) is 5.42. The molecule has 0 bridgehead atoms. The topological polar surface area (TPSA) is 66.4 Å². The predicted octanol–water partition coefficient (Wildman–Crippen LogP) is 8.92. The van der Waals surface area contributed by atoms with Crippen molar-refractivity contribution in [2.45, 2.75) is 149 Å². The molecule has 0 unspecified atom stereocenters. The van der Waals surface area contributed by atoms with Crippen LogP contribution >= 0.6 is 0 Å². The Morgan fingerprint density at radius 1 is 0.795 bits per heavy atom. The zero-order valence-electron chi connectivity index (χ0n) is 27.2. The number of hydrogen-bond donors (Lipinski definition) is 0. The number of oxime groups is 1. The molecule has 0 aromatic heterocycles. The van der Waals surface area contributed by atoms with Crippen molar-refractivity contribution in [3.8, 4) is 0 Å². The van der Waals surface area contributed by atoms with Gasteiger partial charge in [-0.3, -0.25) is 4.79 Å². The summed E-state index contributed by atoms with van der Waals surface area (Å²) in [6.45, 7) is 22.1. The minimum atomic E-state index is -1.81. The van der Waals surface area contributed by atoms with Crippen molar-refractivity contribution in [1.82, 2.24) is 0 Å². The zero-order valence-corrected chi connectivity index (χ0v) is 30.2. The largest absolute Gasteiger partial charge is 0.520 e. The van der Waals surface area contributed by atoms with Gasteiger partial charge in [0.05, 0.1) is 17.9 Å². The number of carbonyl (C=O) groups excluding carboxylic acids is 1. The normalized spacial score (nSPS) is 23.0. The second-order valence-electron chi connectivity index (χ2n) is 14.1. The lowest BCUT2D eigenvalue weighted by Gasteiger charge is -2.31. The Labute approximate surface area is 244 Å². The highest BCUT2D eigenvalue weighted by molar-refractivity contribution is 6.71. The molecule has 1 aliphatic carbocycles. The van der Waals surface area contributed by atoms with Gasteiger partial charge in [0.15, 0.2) is 16.6 Å². The lowest BCUT2D eigenvalue weighted by molar-refractivity contribution is -0.135. The van der Waals surface area contributed by atoms with Gasteiger partial charge in [-0.2, -0.15) is 0 Å². The van der Waals surface area contributed by atoms with Crippen molar-refractivity contribution in [3.05, 3.63) is 12.2 Å². The van der Waals surface area contributed by atoms with Crippen molar-refractivity contribution in [1.29, 1.82) is 0 Å². The van der Waals surface area contributed by atoms with E-state index in [1.54, 1.807) is 7.11 Å². The van der Waals surface area contributed by atoms with E-state index < -0.39 is 25.0 Å². The van der Waals surface area contributed by atoms with Gasteiger partial charge in [-0.05, 0) is 122 Å². The number of hydrogen-bond acceptors (Lipinski definition) is 6. The van der Waals surface area contributed by atoms with E-state index in [1.165, 1.54) is 18.6 Å². The number of carbonyl (C=O) groups is 1. The van der Waals surface area contributed by atoms with Crippen molar-refractivity contribution in [2.75, 3.05) is 7.11 Å². The van der Waals surface area contributed by atoms with E-state index in [4.69, 9.17) is 18.1 Å². The van der Waals surface area contributed by atoms with Crippen LogP contribution in [0.15, 0.2) is 17.3 Å². The summed E-state index contributed by atoms with van der Waals surface area (Å²) in [6, 6.07) is 0. The summed E-state index contributed by atoms with van der Waals surface area (Å²) in [5, 5.41) is 4.40. The van der Waals surface area contributed by atoms with E-state index in [1.807, 2.05) is 0 Å². The molecule has 0 radical (unpaired) electrons. The smallest absolute Gasteiger partial charge is 0.292 e. The Kier molecular flexibility index (Phi) is 16.1. The van der Waals surface area contributed by atoms with E-state index in [0.29, 0.717) is 18.3 Å². The van der Waals surface area contributed by atoms with Crippen molar-refractivity contribution in [3.63, 3.8) is 0 Å². The zero-order chi connectivity index (χ0) is 29.7. The molecule has 1 rings (SSSR count). The summed E-state index contributed by atoms with van der Waals surface area (Å²) in [6.07, 6.45) is 15.8. The lowest BCUT2D eigenvalue weighted by Crippen LogP contribution is -2.35. The molecule has 1 saturated carbocycles. The summed E-state index contributed by atoms with van der Waals surface area (Å²) in [4.78, 5) is 17.3. The highest BCUT2D eigenvalue weighted by Gasteiger charge is 2.46. The van der Waals surface area contributed by atoms with Crippen LogP contribution in [0.3, 0.4) is 0 Å². The maximum atomic E-state index is 12.1. The first kappa shape index (κ1) is 36.3. The highest BCUT2D eigenvalue weighted by Crippen LogP contribution is 2.43. The van der Waals surface area contributed by atoms with Gasteiger partial charge in [0, 0.05) is 6.42 Å². The average molecular weight is 600 g/mol. The maximum Gasteiger partial charge on any atom is 0.292 e. The molecule has 0 aromatic rings. The van der Waals surface area contributed by atoms with Crippen LogP contribution in [-0.4, -0.2) is 56.0 Å². The van der Waals surface area contributed by atoms with Gasteiger partial charge in [-0.15, -0.1) is 0 Å². The van der Waals surface area contributed by atoms with Gasteiger partial charge in [0.25, 0.3) is 5.97 Å². The first-order valence-electron chi connectivity index (χ1n) is 15.4. The first-order chi connectivity index (χ1) is 18.0. The fourth-order valence-corrected chi connectivity index (χ4v) is 8.57. The molecule has 0 heterocycles. The Balaban J connectivity index is 2.98. The summed E-state index contributed by atoms with van der Waals surface area (Å²) < 4.78 is 19.2. The Morgan fingerprint density at radius 3 is 1.95 bits per heavy atom. The van der Waals surface area contributed by atoms with Crippen LogP contribution in [0, 0.1) is 11.8 Å². The summed E-state index contributed by atoms with van der Waals surface area (Å²) in [5.74, 6) is 0.800. The molecule has 1 aliphatic rings. The van der Waals surface area contributed by atoms with E-state index >= 15 is 0 Å². The van der Waals surface area contributed by atoms with Crippen LogP contribution in [-0.2, 0) is 22.9 Å². The van der Waals surface area contributed by atoms with Crippen LogP contribution in [0.1, 0.15) is 77.6 Å². The van der Waals surface area contributed by atoms with Crippen LogP contribution < -0.4 is 0 Å². The fraction of sp³-hybridized carbons (Fsp3) is 0.867. The van der Waals surface area contributed by atoms with Gasteiger partial charge in [-0.25, -0.2) is 0 Å². The van der Waals surface area contributed by atoms with Gasteiger partial charge >= 0.3 is 0 Å². The molecule has 0 saturated heterocycles. The number of rotatable bonds is 19. The molecule has 228 valence electrons. The summed E-state index contributed by atoms with van der Waals surface area (Å²) in [7, 11) is -3.58.